The lowest BCUT2D eigenvalue weighted by atomic mass is 10.1. The molecular weight excluding hydrogens is 342 g/mol. The molecule has 2 aromatic carbocycles. The second-order valence-corrected chi connectivity index (χ2v) is 6.67. The number of oxazole rings is 1. The van der Waals surface area contributed by atoms with Crippen LogP contribution >= 0.6 is 0 Å². The lowest BCUT2D eigenvalue weighted by Gasteiger charge is -2.22. The zero-order chi connectivity index (χ0) is 18.6. The Balaban J connectivity index is 1.40. The minimum atomic E-state index is -0.240. The lowest BCUT2D eigenvalue weighted by Crippen LogP contribution is -2.44. The number of carbonyl (C=O) groups excluding carboxylic acids is 1. The Kier molecular flexibility index (Phi) is 4.96. The molecule has 27 heavy (non-hydrogen) atoms. The van der Waals surface area contributed by atoms with Gasteiger partial charge in [0.25, 0.3) is 6.01 Å². The number of aromatic nitrogens is 1. The van der Waals surface area contributed by atoms with E-state index in [-0.39, 0.29) is 11.9 Å². The zero-order valence-electron chi connectivity index (χ0n) is 15.4. The molecular formula is C21H23N3O3. The van der Waals surface area contributed by atoms with Gasteiger partial charge in [-0.1, -0.05) is 30.3 Å². The monoisotopic (exact) mass is 365 g/mol. The van der Waals surface area contributed by atoms with Crippen LogP contribution in [0.25, 0.3) is 11.1 Å². The third-order valence-electron chi connectivity index (χ3n) is 4.97. The van der Waals surface area contributed by atoms with Crippen molar-refractivity contribution in [2.45, 2.75) is 25.3 Å². The standard InChI is InChI=1S/C21H23N3O3/c1-26-18-10-4-2-7-15(18)12-13-22-20(25)17-9-6-14-24(17)21-23-16-8-3-5-11-19(16)27-21/h2-5,7-8,10-11,17H,6,9,12-14H2,1H3,(H,22,25)/t17-/m0/s1. The molecule has 1 saturated heterocycles. The minimum absolute atomic E-state index is 0.0182. The number of benzene rings is 2. The third-order valence-corrected chi connectivity index (χ3v) is 4.97. The average Bonchev–Trinajstić information content (AvgIpc) is 3.34. The number of rotatable bonds is 6. The maximum absolute atomic E-state index is 12.7. The maximum Gasteiger partial charge on any atom is 0.299 e. The fraction of sp³-hybridized carbons (Fsp3) is 0.333. The van der Waals surface area contributed by atoms with Crippen LogP contribution in [0.4, 0.5) is 6.01 Å². The predicted molar refractivity (Wildman–Crippen MR) is 104 cm³/mol. The molecule has 1 aromatic heterocycles. The van der Waals surface area contributed by atoms with Crippen molar-refractivity contribution in [1.82, 2.24) is 10.3 Å². The number of nitrogens with zero attached hydrogens (tertiary/aromatic N) is 2. The molecule has 2 heterocycles. The van der Waals surface area contributed by atoms with Gasteiger partial charge >= 0.3 is 0 Å². The van der Waals surface area contributed by atoms with E-state index < -0.39 is 0 Å². The molecule has 1 aliphatic rings. The Hall–Kier alpha value is -3.02. The van der Waals surface area contributed by atoms with E-state index in [9.17, 15) is 4.79 Å². The molecule has 0 bridgehead atoms. The van der Waals surface area contributed by atoms with Crippen LogP contribution in [0, 0.1) is 0 Å². The number of methoxy groups -OCH3 is 1. The first kappa shape index (κ1) is 17.4. The van der Waals surface area contributed by atoms with Gasteiger partial charge < -0.3 is 19.4 Å². The minimum Gasteiger partial charge on any atom is -0.496 e. The normalized spacial score (nSPS) is 16.6. The summed E-state index contributed by atoms with van der Waals surface area (Å²) in [4.78, 5) is 19.2. The summed E-state index contributed by atoms with van der Waals surface area (Å²) in [5, 5.41) is 3.05. The number of fused-ring (bicyclic) bond motifs is 1. The molecule has 0 radical (unpaired) electrons. The zero-order valence-corrected chi connectivity index (χ0v) is 15.4. The van der Waals surface area contributed by atoms with Gasteiger partial charge in [0.1, 0.15) is 17.3 Å². The van der Waals surface area contributed by atoms with Gasteiger partial charge in [0, 0.05) is 13.1 Å². The number of amides is 1. The molecule has 140 valence electrons. The van der Waals surface area contributed by atoms with E-state index >= 15 is 0 Å². The Bertz CT molecular complexity index is 904. The Morgan fingerprint density at radius 3 is 2.93 bits per heavy atom. The van der Waals surface area contributed by atoms with Gasteiger partial charge in [-0.3, -0.25) is 4.79 Å². The summed E-state index contributed by atoms with van der Waals surface area (Å²) in [6.45, 7) is 1.34. The largest absolute Gasteiger partial charge is 0.496 e. The molecule has 1 amide bonds. The van der Waals surface area contributed by atoms with Crippen molar-refractivity contribution in [1.29, 1.82) is 0 Å². The fourth-order valence-corrected chi connectivity index (χ4v) is 3.60. The second-order valence-electron chi connectivity index (χ2n) is 6.67. The number of carbonyl (C=O) groups is 1. The smallest absolute Gasteiger partial charge is 0.299 e. The predicted octanol–water partition coefficient (Wildman–Crippen LogP) is 3.16. The van der Waals surface area contributed by atoms with Gasteiger partial charge in [0.05, 0.1) is 7.11 Å². The highest BCUT2D eigenvalue weighted by atomic mass is 16.5. The molecule has 3 aromatic rings. The Morgan fingerprint density at radius 1 is 1.26 bits per heavy atom. The highest BCUT2D eigenvalue weighted by molar-refractivity contribution is 5.85. The number of para-hydroxylation sites is 3. The summed E-state index contributed by atoms with van der Waals surface area (Å²) in [6.07, 6.45) is 2.48. The first-order valence-corrected chi connectivity index (χ1v) is 9.28. The molecule has 1 N–H and O–H groups in total. The fourth-order valence-electron chi connectivity index (χ4n) is 3.60. The van der Waals surface area contributed by atoms with E-state index in [1.54, 1.807) is 7.11 Å². The number of hydrogen-bond donors (Lipinski definition) is 1. The SMILES string of the molecule is COc1ccccc1CCNC(=O)[C@@H]1CCCN1c1nc2ccccc2o1. The summed E-state index contributed by atoms with van der Waals surface area (Å²) in [6, 6.07) is 15.8. The number of hydrogen-bond acceptors (Lipinski definition) is 5. The van der Waals surface area contributed by atoms with Crippen molar-refractivity contribution in [3.05, 3.63) is 54.1 Å². The molecule has 4 rings (SSSR count). The first-order valence-electron chi connectivity index (χ1n) is 9.28. The molecule has 1 fully saturated rings. The van der Waals surface area contributed by atoms with Crippen LogP contribution in [0.3, 0.4) is 0 Å². The van der Waals surface area contributed by atoms with Crippen molar-refractivity contribution in [3.63, 3.8) is 0 Å². The van der Waals surface area contributed by atoms with Crippen molar-refractivity contribution in [2.75, 3.05) is 25.1 Å². The molecule has 0 aliphatic carbocycles. The number of anilines is 1. The number of nitrogens with one attached hydrogen (secondary N) is 1. The molecule has 0 unspecified atom stereocenters. The molecule has 0 spiro atoms. The Labute approximate surface area is 158 Å². The second kappa shape index (κ2) is 7.70. The van der Waals surface area contributed by atoms with Crippen LogP contribution in [-0.4, -0.2) is 37.1 Å². The summed E-state index contributed by atoms with van der Waals surface area (Å²) in [7, 11) is 1.66. The van der Waals surface area contributed by atoms with Crippen molar-refractivity contribution < 1.29 is 13.9 Å². The van der Waals surface area contributed by atoms with Gasteiger partial charge in [0.2, 0.25) is 5.91 Å². The summed E-state index contributed by atoms with van der Waals surface area (Å²) in [5.74, 6) is 0.866. The van der Waals surface area contributed by atoms with E-state index in [1.165, 1.54) is 0 Å². The van der Waals surface area contributed by atoms with Gasteiger partial charge in [-0.05, 0) is 43.0 Å². The van der Waals surface area contributed by atoms with Crippen molar-refractivity contribution in [3.8, 4) is 5.75 Å². The van der Waals surface area contributed by atoms with Crippen LogP contribution < -0.4 is 15.0 Å². The van der Waals surface area contributed by atoms with E-state index in [4.69, 9.17) is 9.15 Å². The highest BCUT2D eigenvalue weighted by Gasteiger charge is 2.33. The van der Waals surface area contributed by atoms with Crippen molar-refractivity contribution >= 4 is 23.0 Å². The summed E-state index contributed by atoms with van der Waals surface area (Å²) >= 11 is 0. The van der Waals surface area contributed by atoms with Gasteiger partial charge in [-0.15, -0.1) is 0 Å². The van der Waals surface area contributed by atoms with Crippen molar-refractivity contribution in [2.24, 2.45) is 0 Å². The topological polar surface area (TPSA) is 67.6 Å². The summed E-state index contributed by atoms with van der Waals surface area (Å²) in [5.41, 5.74) is 2.65. The molecule has 6 nitrogen and oxygen atoms in total. The number of ether oxygens (including phenoxy) is 1. The van der Waals surface area contributed by atoms with E-state index in [2.05, 4.69) is 10.3 Å². The quantitative estimate of drug-likeness (QED) is 0.727. The van der Waals surface area contributed by atoms with Crippen LogP contribution in [0.2, 0.25) is 0 Å². The molecule has 1 aliphatic heterocycles. The van der Waals surface area contributed by atoms with Gasteiger partial charge in [0.15, 0.2) is 5.58 Å². The van der Waals surface area contributed by atoms with Crippen LogP contribution in [-0.2, 0) is 11.2 Å². The third kappa shape index (κ3) is 3.60. The van der Waals surface area contributed by atoms with E-state index in [0.717, 1.165) is 48.2 Å². The average molecular weight is 365 g/mol. The van der Waals surface area contributed by atoms with E-state index in [1.807, 2.05) is 53.4 Å². The van der Waals surface area contributed by atoms with Crippen LogP contribution in [0.1, 0.15) is 18.4 Å². The Morgan fingerprint density at radius 2 is 2.07 bits per heavy atom. The first-order chi connectivity index (χ1) is 13.3. The summed E-state index contributed by atoms with van der Waals surface area (Å²) < 4.78 is 11.2. The van der Waals surface area contributed by atoms with E-state index in [0.29, 0.717) is 12.6 Å². The molecule has 0 saturated carbocycles. The maximum atomic E-state index is 12.7. The van der Waals surface area contributed by atoms with Gasteiger partial charge in [-0.25, -0.2) is 0 Å². The van der Waals surface area contributed by atoms with Gasteiger partial charge in [-0.2, -0.15) is 4.98 Å². The van der Waals surface area contributed by atoms with Crippen LogP contribution in [0.15, 0.2) is 52.9 Å². The molecule has 6 heteroatoms. The van der Waals surface area contributed by atoms with Crippen LogP contribution in [0.5, 0.6) is 5.75 Å². The molecule has 1 atom stereocenters. The highest BCUT2D eigenvalue weighted by Crippen LogP contribution is 2.28. The lowest BCUT2D eigenvalue weighted by molar-refractivity contribution is -0.122.